The van der Waals surface area contributed by atoms with E-state index in [0.29, 0.717) is 47.0 Å². The number of nitrogens with one attached hydrogen (secondary N) is 2. The van der Waals surface area contributed by atoms with Gasteiger partial charge in [-0.1, -0.05) is 17.7 Å². The summed E-state index contributed by atoms with van der Waals surface area (Å²) in [4.78, 5) is 26.1. The van der Waals surface area contributed by atoms with Crippen LogP contribution in [0, 0.1) is 17.2 Å². The van der Waals surface area contributed by atoms with Crippen molar-refractivity contribution in [2.75, 3.05) is 30.4 Å². The topological polar surface area (TPSA) is 132 Å². The van der Waals surface area contributed by atoms with Gasteiger partial charge in [-0.3, -0.25) is 14.6 Å². The van der Waals surface area contributed by atoms with Crippen molar-refractivity contribution in [2.24, 2.45) is 5.92 Å². The first-order valence-electron chi connectivity index (χ1n) is 11.8. The van der Waals surface area contributed by atoms with Crippen LogP contribution in [0.5, 0.6) is 0 Å². The number of likely N-dealkylation sites (tertiary alicyclic amines) is 1. The summed E-state index contributed by atoms with van der Waals surface area (Å²) >= 11 is 6.42. The van der Waals surface area contributed by atoms with Gasteiger partial charge in [-0.25, -0.2) is 0 Å². The average Bonchev–Trinajstić information content (AvgIpc) is 3.47. The molecule has 1 saturated heterocycles. The Labute approximate surface area is 207 Å². The fraction of sp³-hybridized carbons (Fsp3) is 0.478. The average molecular weight is 495 g/mol. The molecule has 182 valence electrons. The highest BCUT2D eigenvalue weighted by Gasteiger charge is 2.31. The van der Waals surface area contributed by atoms with Gasteiger partial charge in [0.2, 0.25) is 5.95 Å². The maximum atomic E-state index is 13.0. The number of carbonyl (C=O) groups excluding carboxylic acids is 1. The number of hydrogen-bond donors (Lipinski definition) is 2. The summed E-state index contributed by atoms with van der Waals surface area (Å²) in [6, 6.07) is 2.10. The first-order valence-corrected chi connectivity index (χ1v) is 12.2. The Bertz CT molecular complexity index is 1320. The summed E-state index contributed by atoms with van der Waals surface area (Å²) in [5.41, 5.74) is 1.46. The lowest BCUT2D eigenvalue weighted by molar-refractivity contribution is -0.127. The van der Waals surface area contributed by atoms with E-state index in [9.17, 15) is 10.1 Å². The zero-order valence-electron chi connectivity index (χ0n) is 19.7. The normalized spacial score (nSPS) is 18.5. The van der Waals surface area contributed by atoms with Gasteiger partial charge in [0.1, 0.15) is 28.0 Å². The van der Waals surface area contributed by atoms with E-state index in [-0.39, 0.29) is 17.5 Å². The lowest BCUT2D eigenvalue weighted by Crippen LogP contribution is -2.49. The smallest absolute Gasteiger partial charge is 0.264 e. The molecule has 0 radical (unpaired) electrons. The Morgan fingerprint density at radius 1 is 1.40 bits per heavy atom. The molecule has 2 aliphatic rings. The second-order valence-electron chi connectivity index (χ2n) is 9.00. The molecule has 0 spiro atoms. The minimum absolute atomic E-state index is 0.00618. The van der Waals surface area contributed by atoms with Crippen molar-refractivity contribution in [3.05, 3.63) is 29.2 Å². The molecule has 2 fully saturated rings. The lowest BCUT2D eigenvalue weighted by Gasteiger charge is -2.38. The van der Waals surface area contributed by atoms with E-state index in [4.69, 9.17) is 16.6 Å². The molecule has 3 aromatic rings. The molecule has 1 aliphatic heterocycles. The fourth-order valence-electron chi connectivity index (χ4n) is 4.37. The number of H-pyrrole nitrogens is 1. The first kappa shape index (κ1) is 23.1. The van der Waals surface area contributed by atoms with Gasteiger partial charge in [-0.05, 0) is 38.5 Å². The van der Waals surface area contributed by atoms with Crippen molar-refractivity contribution in [2.45, 2.75) is 45.2 Å². The number of amides is 1. The van der Waals surface area contributed by atoms with E-state index in [1.807, 2.05) is 31.1 Å². The number of nitriles is 1. The van der Waals surface area contributed by atoms with Crippen molar-refractivity contribution < 1.29 is 4.79 Å². The molecule has 2 N–H and O–H groups in total. The summed E-state index contributed by atoms with van der Waals surface area (Å²) in [6.45, 7) is 3.89. The van der Waals surface area contributed by atoms with Gasteiger partial charge in [0.15, 0.2) is 5.65 Å². The second kappa shape index (κ2) is 9.54. The summed E-state index contributed by atoms with van der Waals surface area (Å²) in [5.74, 6) is 1.17. The Kier molecular flexibility index (Phi) is 6.30. The van der Waals surface area contributed by atoms with Crippen LogP contribution in [-0.4, -0.2) is 66.9 Å². The molecule has 35 heavy (non-hydrogen) atoms. The molecule has 1 saturated carbocycles. The molecule has 0 bridgehead atoms. The van der Waals surface area contributed by atoms with Crippen molar-refractivity contribution in [1.29, 1.82) is 5.26 Å². The van der Waals surface area contributed by atoms with Crippen molar-refractivity contribution in [1.82, 2.24) is 34.8 Å². The summed E-state index contributed by atoms with van der Waals surface area (Å²) in [5, 5.41) is 25.0. The molecule has 1 unspecified atom stereocenters. The number of likely N-dealkylation sites (N-methyl/N-ethyl adjacent to an activating group) is 1. The Hall–Kier alpha value is -3.65. The summed E-state index contributed by atoms with van der Waals surface area (Å²) < 4.78 is 1.81. The number of halogens is 1. The first-order chi connectivity index (χ1) is 17.0. The SMILES string of the molecule is CCn1cc(Nc2nc(N(C)C3CCCN(C(=O)/C(C#N)=C/C4CC4)C3)c3c(Cl)[nH]nc3n2)cn1. The molecule has 3 aromatic heterocycles. The number of fused-ring (bicyclic) bond motifs is 1. The Morgan fingerprint density at radius 2 is 2.23 bits per heavy atom. The molecule has 11 nitrogen and oxygen atoms in total. The number of nitrogens with zero attached hydrogens (tertiary/aromatic N) is 8. The van der Waals surface area contributed by atoms with E-state index in [2.05, 4.69) is 31.7 Å². The maximum absolute atomic E-state index is 13.0. The molecular formula is C23H27ClN10O. The predicted octanol–water partition coefficient (Wildman–Crippen LogP) is 3.25. The van der Waals surface area contributed by atoms with E-state index >= 15 is 0 Å². The highest BCUT2D eigenvalue weighted by Crippen LogP contribution is 2.33. The minimum Gasteiger partial charge on any atom is -0.354 e. The van der Waals surface area contributed by atoms with Crippen LogP contribution in [0.15, 0.2) is 24.0 Å². The second-order valence-corrected chi connectivity index (χ2v) is 9.38. The van der Waals surface area contributed by atoms with Crippen molar-refractivity contribution >= 4 is 46.0 Å². The van der Waals surface area contributed by atoms with Crippen LogP contribution >= 0.6 is 11.6 Å². The Balaban J connectivity index is 1.41. The van der Waals surface area contributed by atoms with Crippen LogP contribution in [0.1, 0.15) is 32.6 Å². The van der Waals surface area contributed by atoms with Crippen LogP contribution in [0.4, 0.5) is 17.5 Å². The van der Waals surface area contributed by atoms with Crippen LogP contribution in [0.3, 0.4) is 0 Å². The van der Waals surface area contributed by atoms with Gasteiger partial charge in [0.25, 0.3) is 5.91 Å². The quantitative estimate of drug-likeness (QED) is 0.378. The van der Waals surface area contributed by atoms with Gasteiger partial charge < -0.3 is 15.1 Å². The number of aryl methyl sites for hydroxylation is 1. The number of aromatic amines is 1. The van der Waals surface area contributed by atoms with Crippen LogP contribution < -0.4 is 10.2 Å². The predicted molar refractivity (Wildman–Crippen MR) is 132 cm³/mol. The molecule has 0 aromatic carbocycles. The summed E-state index contributed by atoms with van der Waals surface area (Å²) in [7, 11) is 1.94. The molecular weight excluding hydrogens is 468 g/mol. The van der Waals surface area contributed by atoms with Crippen LogP contribution in [0.2, 0.25) is 5.15 Å². The summed E-state index contributed by atoms with van der Waals surface area (Å²) in [6.07, 6.45) is 9.22. The van der Waals surface area contributed by atoms with E-state index in [1.54, 1.807) is 15.8 Å². The van der Waals surface area contributed by atoms with Crippen LogP contribution in [0.25, 0.3) is 11.0 Å². The number of aromatic nitrogens is 6. The highest BCUT2D eigenvalue weighted by molar-refractivity contribution is 6.35. The number of rotatable bonds is 7. The van der Waals surface area contributed by atoms with Gasteiger partial charge in [-0.2, -0.15) is 25.4 Å². The molecule has 12 heteroatoms. The Morgan fingerprint density at radius 3 is 2.94 bits per heavy atom. The zero-order chi connectivity index (χ0) is 24.5. The third kappa shape index (κ3) is 4.79. The molecule has 4 heterocycles. The number of hydrogen-bond acceptors (Lipinski definition) is 8. The minimum atomic E-state index is -0.193. The fourth-order valence-corrected chi connectivity index (χ4v) is 4.58. The number of allylic oxidation sites excluding steroid dienone is 1. The van der Waals surface area contributed by atoms with Gasteiger partial charge in [-0.15, -0.1) is 0 Å². The highest BCUT2D eigenvalue weighted by atomic mass is 35.5. The van der Waals surface area contributed by atoms with E-state index < -0.39 is 0 Å². The third-order valence-electron chi connectivity index (χ3n) is 6.50. The van der Waals surface area contributed by atoms with Gasteiger partial charge in [0, 0.05) is 38.9 Å². The van der Waals surface area contributed by atoms with E-state index in [1.165, 1.54) is 0 Å². The van der Waals surface area contributed by atoms with Crippen molar-refractivity contribution in [3.63, 3.8) is 0 Å². The molecule has 1 atom stereocenters. The zero-order valence-corrected chi connectivity index (χ0v) is 20.5. The van der Waals surface area contributed by atoms with Gasteiger partial charge >= 0.3 is 0 Å². The van der Waals surface area contributed by atoms with E-state index in [0.717, 1.165) is 37.9 Å². The van der Waals surface area contributed by atoms with Gasteiger partial charge in [0.05, 0.1) is 11.9 Å². The van der Waals surface area contributed by atoms with Crippen LogP contribution in [-0.2, 0) is 11.3 Å². The maximum Gasteiger partial charge on any atom is 0.264 e. The largest absolute Gasteiger partial charge is 0.354 e. The number of anilines is 3. The molecule has 1 amide bonds. The molecule has 5 rings (SSSR count). The third-order valence-corrected chi connectivity index (χ3v) is 6.78. The lowest BCUT2D eigenvalue weighted by atomic mass is 10.0. The molecule has 1 aliphatic carbocycles. The monoisotopic (exact) mass is 494 g/mol. The van der Waals surface area contributed by atoms with Crippen molar-refractivity contribution in [3.8, 4) is 6.07 Å². The number of carbonyl (C=O) groups is 1. The standard InChI is InChI=1S/C23H27ClN10O/c1-3-34-12-16(11-26-34)27-23-28-20-18(19(24)30-31-20)21(29-23)32(2)17-5-4-8-33(13-17)22(35)15(10-25)9-14-6-7-14/h9,11-12,14,17H,3-8,13H2,1-2H3,(H2,27,28,29,30,31)/b15-9+. The number of piperidine rings is 1.